The molecular formula is C21H17NO3. The predicted octanol–water partition coefficient (Wildman–Crippen LogP) is 4.79. The normalized spacial score (nSPS) is 11.3. The highest BCUT2D eigenvalue weighted by Crippen LogP contribution is 2.29. The van der Waals surface area contributed by atoms with Crippen molar-refractivity contribution in [1.82, 2.24) is 0 Å². The van der Waals surface area contributed by atoms with Gasteiger partial charge < -0.3 is 9.15 Å². The Kier molecular flexibility index (Phi) is 4.67. The van der Waals surface area contributed by atoms with E-state index in [0.717, 1.165) is 22.3 Å². The summed E-state index contributed by atoms with van der Waals surface area (Å²) >= 11 is 0. The molecule has 0 N–H and O–H groups in total. The minimum absolute atomic E-state index is 0.0644. The van der Waals surface area contributed by atoms with Gasteiger partial charge in [-0.3, -0.25) is 4.79 Å². The Morgan fingerprint density at radius 3 is 2.76 bits per heavy atom. The van der Waals surface area contributed by atoms with Gasteiger partial charge in [-0.25, -0.2) is 0 Å². The minimum atomic E-state index is -0.339. The molecule has 1 aromatic heterocycles. The van der Waals surface area contributed by atoms with Crippen LogP contribution in [-0.2, 0) is 6.42 Å². The Morgan fingerprint density at radius 2 is 2.04 bits per heavy atom. The first-order chi connectivity index (χ1) is 12.2. The number of benzene rings is 2. The maximum Gasteiger partial charge on any atom is 0.203 e. The number of Topliss-reactive ketones (excluding diaryl/α,β-unsaturated/α-hetero) is 1. The van der Waals surface area contributed by atoms with Gasteiger partial charge in [-0.1, -0.05) is 37.3 Å². The maximum absolute atomic E-state index is 12.7. The van der Waals surface area contributed by atoms with Crippen LogP contribution in [0.25, 0.3) is 17.0 Å². The summed E-state index contributed by atoms with van der Waals surface area (Å²) in [5.74, 6) is 0.993. The van der Waals surface area contributed by atoms with Gasteiger partial charge >= 0.3 is 0 Å². The van der Waals surface area contributed by atoms with E-state index in [2.05, 4.69) is 0 Å². The second kappa shape index (κ2) is 7.06. The van der Waals surface area contributed by atoms with E-state index in [1.807, 2.05) is 37.3 Å². The predicted molar refractivity (Wildman–Crippen MR) is 96.5 cm³/mol. The van der Waals surface area contributed by atoms with Gasteiger partial charge in [0.2, 0.25) is 5.78 Å². The summed E-state index contributed by atoms with van der Waals surface area (Å²) in [6.07, 6.45) is 2.29. The zero-order chi connectivity index (χ0) is 17.8. The van der Waals surface area contributed by atoms with Crippen molar-refractivity contribution < 1.29 is 13.9 Å². The number of fused-ring (bicyclic) bond motifs is 1. The number of allylic oxidation sites excluding steroid dienone is 1. The van der Waals surface area contributed by atoms with E-state index >= 15 is 0 Å². The van der Waals surface area contributed by atoms with Crippen LogP contribution in [0.4, 0.5) is 0 Å². The first-order valence-electron chi connectivity index (χ1n) is 7.99. The smallest absolute Gasteiger partial charge is 0.203 e. The molecule has 1 heterocycles. The first-order valence-corrected chi connectivity index (χ1v) is 7.99. The Balaban J connectivity index is 2.09. The van der Waals surface area contributed by atoms with Crippen molar-refractivity contribution in [2.75, 3.05) is 7.11 Å². The second-order valence-corrected chi connectivity index (χ2v) is 5.52. The number of rotatable bonds is 5. The summed E-state index contributed by atoms with van der Waals surface area (Å²) < 4.78 is 11.0. The van der Waals surface area contributed by atoms with E-state index in [1.54, 1.807) is 30.3 Å². The third kappa shape index (κ3) is 3.17. The molecule has 0 fully saturated rings. The molecule has 4 heteroatoms. The largest absolute Gasteiger partial charge is 0.497 e. The summed E-state index contributed by atoms with van der Waals surface area (Å²) in [7, 11) is 1.54. The molecule has 25 heavy (non-hydrogen) atoms. The molecule has 0 atom stereocenters. The van der Waals surface area contributed by atoms with Gasteiger partial charge in [0.15, 0.2) is 0 Å². The summed E-state index contributed by atoms with van der Waals surface area (Å²) in [5.41, 5.74) is 2.01. The highest BCUT2D eigenvalue weighted by atomic mass is 16.5. The van der Waals surface area contributed by atoms with Crippen molar-refractivity contribution >= 4 is 22.8 Å². The van der Waals surface area contributed by atoms with Gasteiger partial charge in [0.05, 0.1) is 7.11 Å². The molecule has 0 amide bonds. The first kappa shape index (κ1) is 16.5. The van der Waals surface area contributed by atoms with Crippen LogP contribution >= 0.6 is 0 Å². The molecule has 124 valence electrons. The lowest BCUT2D eigenvalue weighted by molar-refractivity contribution is 0.103. The Hall–Kier alpha value is -3.32. The molecule has 0 aliphatic heterocycles. The molecule has 0 radical (unpaired) electrons. The minimum Gasteiger partial charge on any atom is -0.497 e. The molecule has 3 aromatic rings. The van der Waals surface area contributed by atoms with E-state index < -0.39 is 0 Å². The molecule has 0 saturated carbocycles. The zero-order valence-corrected chi connectivity index (χ0v) is 14.1. The number of para-hydroxylation sites is 1. The quantitative estimate of drug-likeness (QED) is 0.383. The van der Waals surface area contributed by atoms with Gasteiger partial charge in [0, 0.05) is 22.9 Å². The average molecular weight is 331 g/mol. The van der Waals surface area contributed by atoms with Crippen LogP contribution < -0.4 is 4.74 Å². The van der Waals surface area contributed by atoms with Crippen LogP contribution in [0, 0.1) is 11.3 Å². The van der Waals surface area contributed by atoms with Crippen molar-refractivity contribution in [3.8, 4) is 11.8 Å². The number of ether oxygens (including phenoxy) is 1. The third-order valence-corrected chi connectivity index (χ3v) is 4.02. The number of nitrogens with zero attached hydrogens (tertiary/aromatic N) is 1. The van der Waals surface area contributed by atoms with Crippen LogP contribution in [0.15, 0.2) is 58.5 Å². The number of hydrogen-bond acceptors (Lipinski definition) is 4. The van der Waals surface area contributed by atoms with Gasteiger partial charge in [-0.05, 0) is 24.3 Å². The molecule has 0 aliphatic carbocycles. The number of furan rings is 1. The van der Waals surface area contributed by atoms with Gasteiger partial charge in [-0.15, -0.1) is 0 Å². The monoisotopic (exact) mass is 331 g/mol. The van der Waals surface area contributed by atoms with Crippen LogP contribution in [0.5, 0.6) is 5.75 Å². The maximum atomic E-state index is 12.7. The van der Waals surface area contributed by atoms with Gasteiger partial charge in [0.25, 0.3) is 0 Å². The van der Waals surface area contributed by atoms with Crippen LogP contribution in [0.1, 0.15) is 28.6 Å². The lowest BCUT2D eigenvalue weighted by atomic mass is 10.00. The van der Waals surface area contributed by atoms with E-state index in [4.69, 9.17) is 9.15 Å². The lowest BCUT2D eigenvalue weighted by Crippen LogP contribution is -2.02. The summed E-state index contributed by atoms with van der Waals surface area (Å²) in [6, 6.07) is 16.4. The second-order valence-electron chi connectivity index (χ2n) is 5.52. The summed E-state index contributed by atoms with van der Waals surface area (Å²) in [4.78, 5) is 12.7. The number of nitriles is 1. The van der Waals surface area contributed by atoms with Crippen molar-refractivity contribution in [3.05, 3.63) is 71.0 Å². The molecule has 4 nitrogen and oxygen atoms in total. The van der Waals surface area contributed by atoms with Crippen molar-refractivity contribution in [2.45, 2.75) is 13.3 Å². The lowest BCUT2D eigenvalue weighted by Gasteiger charge is -2.03. The highest BCUT2D eigenvalue weighted by Gasteiger charge is 2.17. The SMILES string of the molecule is CCc1oc2ccccc2c1/C=C(\C#N)C(=O)c1cccc(OC)c1. The summed E-state index contributed by atoms with van der Waals surface area (Å²) in [5, 5.41) is 10.4. The van der Waals surface area contributed by atoms with E-state index in [9.17, 15) is 10.1 Å². The number of aryl methyl sites for hydroxylation is 1. The molecule has 0 unspecified atom stereocenters. The Bertz CT molecular complexity index is 1010. The number of methoxy groups -OCH3 is 1. The van der Waals surface area contributed by atoms with Crippen LogP contribution in [0.2, 0.25) is 0 Å². The Labute approximate surface area is 145 Å². The molecule has 0 aliphatic rings. The molecule has 0 saturated heterocycles. The average Bonchev–Trinajstić information content (AvgIpc) is 3.03. The van der Waals surface area contributed by atoms with Crippen LogP contribution in [0.3, 0.4) is 0 Å². The fraction of sp³-hybridized carbons (Fsp3) is 0.143. The number of carbonyl (C=O) groups is 1. The number of ketones is 1. The zero-order valence-electron chi connectivity index (χ0n) is 14.1. The fourth-order valence-corrected chi connectivity index (χ4v) is 2.75. The molecule has 2 aromatic carbocycles. The standard InChI is InChI=1S/C21H17NO3/c1-3-19-18(17-9-4-5-10-20(17)25-19)12-15(13-22)21(23)14-7-6-8-16(11-14)24-2/h4-12H,3H2,1-2H3/b15-12+. The molecule has 0 spiro atoms. The van der Waals surface area contributed by atoms with E-state index in [0.29, 0.717) is 17.7 Å². The third-order valence-electron chi connectivity index (χ3n) is 4.02. The summed E-state index contributed by atoms with van der Waals surface area (Å²) in [6.45, 7) is 1.98. The van der Waals surface area contributed by atoms with Crippen LogP contribution in [-0.4, -0.2) is 12.9 Å². The van der Waals surface area contributed by atoms with Gasteiger partial charge in [0.1, 0.15) is 28.7 Å². The fourth-order valence-electron chi connectivity index (χ4n) is 2.75. The molecule has 3 rings (SSSR count). The Morgan fingerprint density at radius 1 is 1.24 bits per heavy atom. The van der Waals surface area contributed by atoms with Gasteiger partial charge in [-0.2, -0.15) is 5.26 Å². The van der Waals surface area contributed by atoms with Crippen molar-refractivity contribution in [1.29, 1.82) is 5.26 Å². The topological polar surface area (TPSA) is 63.2 Å². The molecule has 0 bridgehead atoms. The van der Waals surface area contributed by atoms with E-state index in [-0.39, 0.29) is 11.4 Å². The van der Waals surface area contributed by atoms with Crippen molar-refractivity contribution in [2.24, 2.45) is 0 Å². The number of hydrogen-bond donors (Lipinski definition) is 0. The highest BCUT2D eigenvalue weighted by molar-refractivity contribution is 6.15. The van der Waals surface area contributed by atoms with E-state index in [1.165, 1.54) is 7.11 Å². The molecular weight excluding hydrogens is 314 g/mol. The number of carbonyl (C=O) groups excluding carboxylic acids is 1. The van der Waals surface area contributed by atoms with Crippen molar-refractivity contribution in [3.63, 3.8) is 0 Å².